The maximum Gasteiger partial charge on any atom is 0.469 e. The van der Waals surface area contributed by atoms with E-state index in [0.717, 1.165) is 77.0 Å². The van der Waals surface area contributed by atoms with Crippen LogP contribution in [0.5, 0.6) is 0 Å². The van der Waals surface area contributed by atoms with Crippen LogP contribution in [0.4, 0.5) is 0 Å². The molecule has 0 rings (SSSR count). The molecule has 0 saturated heterocycles. The summed E-state index contributed by atoms with van der Waals surface area (Å²) in [6.07, 6.45) is 52.3. The monoisotopic (exact) mass is 784 g/mol. The first-order valence-electron chi connectivity index (χ1n) is 19.9. The lowest BCUT2D eigenvalue weighted by molar-refractivity contribution is -0.161. The van der Waals surface area contributed by atoms with Gasteiger partial charge in [0.2, 0.25) is 0 Å². The number of aliphatic hydroxyl groups excluding tert-OH is 1. The summed E-state index contributed by atoms with van der Waals surface area (Å²) in [7, 11) is -4.82. The zero-order valence-corrected chi connectivity index (χ0v) is 34.3. The normalized spacial score (nSPS) is 14.3. The van der Waals surface area contributed by atoms with E-state index >= 15 is 0 Å². The second-order valence-electron chi connectivity index (χ2n) is 12.7. The van der Waals surface area contributed by atoms with Gasteiger partial charge in [-0.3, -0.25) is 14.1 Å². The van der Waals surface area contributed by atoms with Gasteiger partial charge in [0.15, 0.2) is 6.10 Å². The van der Waals surface area contributed by atoms with Crippen molar-refractivity contribution in [3.05, 3.63) is 122 Å². The first-order chi connectivity index (χ1) is 26.7. The van der Waals surface area contributed by atoms with Gasteiger partial charge in [-0.15, -0.1) is 0 Å². The first-order valence-corrected chi connectivity index (χ1v) is 21.5. The van der Waals surface area contributed by atoms with E-state index in [4.69, 9.17) is 19.3 Å². The standard InChI is InChI=1S/C45H69O9P/c1-3-5-7-9-11-13-15-17-18-19-20-22-24-26-28-30-34-38-44(47)52-40-43(41-53-55(49,50)51)54-45(48)39-35-31-33-37-42(46)36-32-29-27-25-23-21-16-14-12-10-8-6-4-2/h5-8,11-14,17-18,20-23,27,29,31-33,36,42-43,46H,3-4,9-10,15-16,19,24-26,28,30,34-35,37-41H2,1-2H3,(H2,49,50,51)/b7-5-,8-6-,13-11-,14-12-,18-17-,22-20-,23-21-,29-27-,33-31-,36-32-/t42?,43-/m1/s1. The Morgan fingerprint density at radius 2 is 1.07 bits per heavy atom. The Balaban J connectivity index is 4.25. The van der Waals surface area contributed by atoms with Crippen LogP contribution < -0.4 is 0 Å². The molecule has 0 amide bonds. The number of ether oxygens (including phenoxy) is 2. The zero-order valence-electron chi connectivity index (χ0n) is 33.4. The molecule has 3 N–H and O–H groups in total. The van der Waals surface area contributed by atoms with Crippen molar-refractivity contribution in [2.45, 2.75) is 135 Å². The van der Waals surface area contributed by atoms with Gasteiger partial charge in [-0.1, -0.05) is 148 Å². The second-order valence-corrected chi connectivity index (χ2v) is 13.9. The number of aliphatic hydroxyl groups is 1. The summed E-state index contributed by atoms with van der Waals surface area (Å²) in [5, 5.41) is 10.1. The van der Waals surface area contributed by atoms with Crippen molar-refractivity contribution in [2.75, 3.05) is 13.2 Å². The summed E-state index contributed by atoms with van der Waals surface area (Å²) in [6, 6.07) is 0. The van der Waals surface area contributed by atoms with Gasteiger partial charge in [0.25, 0.3) is 0 Å². The highest BCUT2D eigenvalue weighted by Gasteiger charge is 2.22. The molecular weight excluding hydrogens is 715 g/mol. The molecule has 0 radical (unpaired) electrons. The number of rotatable bonds is 34. The average molecular weight is 785 g/mol. The van der Waals surface area contributed by atoms with E-state index in [2.05, 4.69) is 103 Å². The second kappa shape index (κ2) is 38.7. The molecule has 9 nitrogen and oxygen atoms in total. The minimum absolute atomic E-state index is 0.00828. The SMILES string of the molecule is CC/C=C\C/C=C\C/C=C\C/C=C\C=C/C(O)C/C=C\CCC(=O)O[C@H](COC(=O)CCCCCC/C=C\C/C=C\C/C=C\C/C=C\CC)COP(=O)(O)O. The van der Waals surface area contributed by atoms with Crippen molar-refractivity contribution in [1.82, 2.24) is 0 Å². The molecule has 0 saturated carbocycles. The summed E-state index contributed by atoms with van der Waals surface area (Å²) in [4.78, 5) is 42.8. The van der Waals surface area contributed by atoms with Crippen LogP contribution in [0.2, 0.25) is 0 Å². The highest BCUT2D eigenvalue weighted by molar-refractivity contribution is 7.46. The number of phosphoric acid groups is 1. The number of hydrogen-bond acceptors (Lipinski definition) is 7. The molecule has 308 valence electrons. The topological polar surface area (TPSA) is 140 Å². The summed E-state index contributed by atoms with van der Waals surface area (Å²) >= 11 is 0. The van der Waals surface area contributed by atoms with E-state index in [-0.39, 0.29) is 19.4 Å². The predicted octanol–water partition coefficient (Wildman–Crippen LogP) is 11.1. The lowest BCUT2D eigenvalue weighted by Gasteiger charge is -2.18. The van der Waals surface area contributed by atoms with Gasteiger partial charge in [-0.05, 0) is 83.5 Å². The largest absolute Gasteiger partial charge is 0.469 e. The molecule has 0 aromatic heterocycles. The molecule has 55 heavy (non-hydrogen) atoms. The van der Waals surface area contributed by atoms with Crippen molar-refractivity contribution in [3.8, 4) is 0 Å². The zero-order chi connectivity index (χ0) is 40.5. The number of carbonyl (C=O) groups is 2. The molecule has 0 bridgehead atoms. The Bertz CT molecular complexity index is 1310. The van der Waals surface area contributed by atoms with Crippen molar-refractivity contribution >= 4 is 19.8 Å². The van der Waals surface area contributed by atoms with Crippen molar-refractivity contribution in [3.63, 3.8) is 0 Å². The fraction of sp³-hybridized carbons (Fsp3) is 0.511. The van der Waals surface area contributed by atoms with Crippen molar-refractivity contribution in [2.24, 2.45) is 0 Å². The molecule has 0 aromatic carbocycles. The van der Waals surface area contributed by atoms with Crippen LogP contribution in [0.15, 0.2) is 122 Å². The minimum Gasteiger partial charge on any atom is -0.462 e. The van der Waals surface area contributed by atoms with Crippen LogP contribution in [0.3, 0.4) is 0 Å². The minimum atomic E-state index is -4.82. The smallest absolute Gasteiger partial charge is 0.462 e. The maximum absolute atomic E-state index is 12.4. The van der Waals surface area contributed by atoms with E-state index in [9.17, 15) is 19.3 Å². The molecule has 2 atom stereocenters. The van der Waals surface area contributed by atoms with Gasteiger partial charge in [-0.25, -0.2) is 4.57 Å². The van der Waals surface area contributed by atoms with Gasteiger partial charge >= 0.3 is 19.8 Å². The van der Waals surface area contributed by atoms with Crippen molar-refractivity contribution < 1.29 is 43.0 Å². The third-order valence-corrected chi connectivity index (χ3v) is 8.05. The molecule has 0 aliphatic rings. The van der Waals surface area contributed by atoms with Crippen LogP contribution in [-0.2, 0) is 28.2 Å². The highest BCUT2D eigenvalue weighted by atomic mass is 31.2. The van der Waals surface area contributed by atoms with E-state index in [0.29, 0.717) is 19.3 Å². The maximum atomic E-state index is 12.4. The molecule has 1 unspecified atom stereocenters. The highest BCUT2D eigenvalue weighted by Crippen LogP contribution is 2.35. The van der Waals surface area contributed by atoms with Crippen LogP contribution in [0, 0.1) is 0 Å². The molecule has 0 aromatic rings. The summed E-state index contributed by atoms with van der Waals surface area (Å²) in [5.41, 5.74) is 0. The van der Waals surface area contributed by atoms with Gasteiger partial charge < -0.3 is 24.4 Å². The van der Waals surface area contributed by atoms with Crippen LogP contribution >= 0.6 is 7.82 Å². The lowest BCUT2D eigenvalue weighted by atomic mass is 10.1. The Labute approximate surface area is 331 Å². The lowest BCUT2D eigenvalue weighted by Crippen LogP contribution is -2.29. The number of esters is 2. The number of unbranched alkanes of at least 4 members (excludes halogenated alkanes) is 4. The Morgan fingerprint density at radius 3 is 1.64 bits per heavy atom. The Hall–Kier alpha value is -3.59. The fourth-order valence-electron chi connectivity index (χ4n) is 4.65. The van der Waals surface area contributed by atoms with Crippen LogP contribution in [0.1, 0.15) is 123 Å². The quantitative estimate of drug-likeness (QED) is 0.0191. The predicted molar refractivity (Wildman–Crippen MR) is 226 cm³/mol. The molecule has 0 aliphatic carbocycles. The third-order valence-electron chi connectivity index (χ3n) is 7.57. The Morgan fingerprint density at radius 1 is 0.564 bits per heavy atom. The first kappa shape index (κ1) is 51.4. The van der Waals surface area contributed by atoms with E-state index in [1.54, 1.807) is 24.3 Å². The molecule has 10 heteroatoms. The van der Waals surface area contributed by atoms with Gasteiger partial charge in [0, 0.05) is 12.8 Å². The number of hydrogen-bond donors (Lipinski definition) is 3. The fourth-order valence-corrected chi connectivity index (χ4v) is 5.01. The van der Waals surface area contributed by atoms with Gasteiger partial charge in [-0.2, -0.15) is 0 Å². The van der Waals surface area contributed by atoms with E-state index < -0.39 is 38.6 Å². The third kappa shape index (κ3) is 41.4. The van der Waals surface area contributed by atoms with Crippen molar-refractivity contribution in [1.29, 1.82) is 0 Å². The average Bonchev–Trinajstić information content (AvgIpc) is 3.15. The number of carbonyl (C=O) groups excluding carboxylic acids is 2. The molecule has 0 fully saturated rings. The van der Waals surface area contributed by atoms with E-state index in [1.807, 2.05) is 12.2 Å². The van der Waals surface area contributed by atoms with Gasteiger partial charge in [0.1, 0.15) is 6.61 Å². The van der Waals surface area contributed by atoms with Gasteiger partial charge in [0.05, 0.1) is 12.7 Å². The molecule has 0 heterocycles. The number of phosphoric ester groups is 1. The summed E-state index contributed by atoms with van der Waals surface area (Å²) < 4.78 is 26.2. The Kier molecular flexibility index (Phi) is 36.2. The summed E-state index contributed by atoms with van der Waals surface area (Å²) in [6.45, 7) is 3.26. The van der Waals surface area contributed by atoms with Crippen LogP contribution in [-0.4, -0.2) is 52.3 Å². The summed E-state index contributed by atoms with van der Waals surface area (Å²) in [5.74, 6) is -1.11. The molecular formula is C45H69O9P. The van der Waals surface area contributed by atoms with E-state index in [1.165, 1.54) is 0 Å². The molecule has 0 aliphatic heterocycles. The molecule has 0 spiro atoms. The number of allylic oxidation sites excluding steroid dienone is 18. The van der Waals surface area contributed by atoms with Crippen LogP contribution in [0.25, 0.3) is 0 Å².